The summed E-state index contributed by atoms with van der Waals surface area (Å²) in [4.78, 5) is 9.06. The zero-order valence-electron chi connectivity index (χ0n) is 13.6. The molecule has 2 heterocycles. The second kappa shape index (κ2) is 5.69. The van der Waals surface area contributed by atoms with Crippen LogP contribution in [0.4, 0.5) is 11.5 Å². The first-order valence-electron chi connectivity index (χ1n) is 8.25. The topological polar surface area (TPSA) is 57.0 Å². The van der Waals surface area contributed by atoms with Crippen molar-refractivity contribution in [2.75, 3.05) is 5.32 Å². The van der Waals surface area contributed by atoms with E-state index in [9.17, 15) is 0 Å². The molecule has 1 aromatic rings. The molecule has 5 heteroatoms. The Morgan fingerprint density at radius 3 is 2.62 bits per heavy atom. The Labute approximate surface area is 128 Å². The molecule has 2 aliphatic rings. The lowest BCUT2D eigenvalue weighted by molar-refractivity contribution is 0.135. The van der Waals surface area contributed by atoms with Crippen LogP contribution >= 0.6 is 0 Å². The second-order valence-corrected chi connectivity index (χ2v) is 11.7. The number of aromatic nitrogens is 2. The van der Waals surface area contributed by atoms with Crippen molar-refractivity contribution in [3.05, 3.63) is 12.0 Å². The van der Waals surface area contributed by atoms with Crippen molar-refractivity contribution in [3.8, 4) is 0 Å². The van der Waals surface area contributed by atoms with Crippen molar-refractivity contribution < 1.29 is 4.43 Å². The standard InChI is InChI=1S/C16H27N3OSi/c1-11(2)10-21(3,4)20-13-7-5-12(6-8-13)15-17-9-14-16(18-14)19-15/h9,11-13H,5-8,10H2,1-4H3,(H,17,18,19). The molecule has 1 fully saturated rings. The maximum Gasteiger partial charge on any atom is 0.187 e. The van der Waals surface area contributed by atoms with Crippen LogP contribution in [-0.2, 0) is 4.43 Å². The molecule has 0 spiro atoms. The summed E-state index contributed by atoms with van der Waals surface area (Å²) in [7, 11) is -1.50. The summed E-state index contributed by atoms with van der Waals surface area (Å²) in [6.45, 7) is 9.31. The zero-order valence-corrected chi connectivity index (χ0v) is 14.6. The van der Waals surface area contributed by atoms with Crippen LogP contribution in [0.25, 0.3) is 0 Å². The van der Waals surface area contributed by atoms with Gasteiger partial charge < -0.3 is 9.74 Å². The number of anilines is 2. The molecule has 1 saturated carbocycles. The number of rotatable bonds is 5. The summed E-state index contributed by atoms with van der Waals surface area (Å²) in [5.74, 6) is 3.31. The van der Waals surface area contributed by atoms with Crippen molar-refractivity contribution >= 4 is 19.8 Å². The minimum Gasteiger partial charge on any atom is -0.414 e. The van der Waals surface area contributed by atoms with Crippen LogP contribution in [0.15, 0.2) is 6.20 Å². The van der Waals surface area contributed by atoms with Gasteiger partial charge in [-0.1, -0.05) is 13.8 Å². The second-order valence-electron chi connectivity index (χ2n) is 7.56. The Hall–Kier alpha value is -0.943. The van der Waals surface area contributed by atoms with Crippen LogP contribution in [-0.4, -0.2) is 24.4 Å². The zero-order chi connectivity index (χ0) is 15.0. The number of nitrogens with zero attached hydrogens (tertiary/aromatic N) is 2. The van der Waals surface area contributed by atoms with E-state index in [2.05, 4.69) is 42.2 Å². The van der Waals surface area contributed by atoms with Crippen LogP contribution in [0.5, 0.6) is 0 Å². The normalized spacial score (nSPS) is 24.6. The quantitative estimate of drug-likeness (QED) is 0.655. The van der Waals surface area contributed by atoms with Gasteiger partial charge in [0.25, 0.3) is 0 Å². The highest BCUT2D eigenvalue weighted by molar-refractivity contribution is 6.71. The molecular weight excluding hydrogens is 278 g/mol. The molecule has 0 saturated heterocycles. The van der Waals surface area contributed by atoms with E-state index in [0.717, 1.165) is 48.9 Å². The highest BCUT2D eigenvalue weighted by Crippen LogP contribution is 2.39. The van der Waals surface area contributed by atoms with Gasteiger partial charge in [-0.3, -0.25) is 0 Å². The minimum absolute atomic E-state index is 0.462. The summed E-state index contributed by atoms with van der Waals surface area (Å²) in [5.41, 5.74) is 1.09. The van der Waals surface area contributed by atoms with Gasteiger partial charge in [0.05, 0.1) is 6.20 Å². The van der Waals surface area contributed by atoms with Crippen LogP contribution in [0, 0.1) is 5.92 Å². The fourth-order valence-corrected chi connectivity index (χ4v) is 6.87. The number of hydrogen-bond donors (Lipinski definition) is 1. The van der Waals surface area contributed by atoms with Gasteiger partial charge in [0.2, 0.25) is 0 Å². The molecule has 0 atom stereocenters. The van der Waals surface area contributed by atoms with E-state index in [4.69, 9.17) is 4.43 Å². The van der Waals surface area contributed by atoms with Gasteiger partial charge >= 0.3 is 0 Å². The molecule has 0 bridgehead atoms. The number of hydrogen-bond acceptors (Lipinski definition) is 4. The third kappa shape index (κ3) is 3.83. The molecule has 0 unspecified atom stereocenters. The lowest BCUT2D eigenvalue weighted by atomic mass is 9.87. The molecule has 0 aromatic carbocycles. The van der Waals surface area contributed by atoms with Crippen LogP contribution in [0.1, 0.15) is 51.3 Å². The van der Waals surface area contributed by atoms with Gasteiger partial charge in [0.1, 0.15) is 11.5 Å². The van der Waals surface area contributed by atoms with Gasteiger partial charge in [-0.2, -0.15) is 0 Å². The monoisotopic (exact) mass is 305 g/mol. The third-order valence-corrected chi connectivity index (χ3v) is 7.19. The van der Waals surface area contributed by atoms with E-state index in [1.807, 2.05) is 6.20 Å². The highest BCUT2D eigenvalue weighted by Gasteiger charge is 2.32. The van der Waals surface area contributed by atoms with E-state index >= 15 is 0 Å². The van der Waals surface area contributed by atoms with Crippen molar-refractivity contribution in [1.29, 1.82) is 0 Å². The molecule has 1 aliphatic carbocycles. The predicted octanol–water partition coefficient (Wildman–Crippen LogP) is 4.44. The third-order valence-electron chi connectivity index (χ3n) is 4.42. The van der Waals surface area contributed by atoms with E-state index < -0.39 is 8.32 Å². The van der Waals surface area contributed by atoms with Gasteiger partial charge in [-0.25, -0.2) is 9.97 Å². The Morgan fingerprint density at radius 1 is 1.29 bits per heavy atom. The molecule has 3 rings (SSSR count). The first-order chi connectivity index (χ1) is 9.93. The summed E-state index contributed by atoms with van der Waals surface area (Å²) in [6.07, 6.45) is 7.02. The van der Waals surface area contributed by atoms with E-state index in [1.54, 1.807) is 0 Å². The van der Waals surface area contributed by atoms with Gasteiger partial charge in [0, 0.05) is 12.0 Å². The van der Waals surface area contributed by atoms with Gasteiger partial charge in [-0.15, -0.1) is 0 Å². The molecule has 1 N–H and O–H groups in total. The fraction of sp³-hybridized carbons (Fsp3) is 0.750. The molecule has 4 nitrogen and oxygen atoms in total. The van der Waals surface area contributed by atoms with Crippen molar-refractivity contribution in [3.63, 3.8) is 0 Å². The summed E-state index contributed by atoms with van der Waals surface area (Å²) in [5, 5.41) is 3.14. The van der Waals surface area contributed by atoms with E-state index in [0.29, 0.717) is 12.0 Å². The Morgan fingerprint density at radius 2 is 2.00 bits per heavy atom. The average Bonchev–Trinajstić information content (AvgIpc) is 3.15. The minimum atomic E-state index is -1.50. The SMILES string of the molecule is CC(C)C[Si](C)(C)OC1CCC(c2ncc3c(n2)N3)CC1. The van der Waals surface area contributed by atoms with Gasteiger partial charge in [0.15, 0.2) is 14.1 Å². The maximum absolute atomic E-state index is 6.49. The summed E-state index contributed by atoms with van der Waals surface area (Å²) >= 11 is 0. The lowest BCUT2D eigenvalue weighted by Crippen LogP contribution is -2.38. The van der Waals surface area contributed by atoms with E-state index in [1.165, 1.54) is 6.04 Å². The van der Waals surface area contributed by atoms with Crippen LogP contribution in [0.2, 0.25) is 19.1 Å². The highest BCUT2D eigenvalue weighted by atomic mass is 28.4. The first kappa shape index (κ1) is 15.0. The molecule has 1 aromatic heterocycles. The molecule has 116 valence electrons. The van der Waals surface area contributed by atoms with Crippen molar-refractivity contribution in [1.82, 2.24) is 9.97 Å². The molecular formula is C16H27N3OSi. The van der Waals surface area contributed by atoms with Gasteiger partial charge in [-0.05, 0) is 50.7 Å². The average molecular weight is 305 g/mol. The van der Waals surface area contributed by atoms with Crippen LogP contribution < -0.4 is 5.32 Å². The molecule has 21 heavy (non-hydrogen) atoms. The molecule has 0 radical (unpaired) electrons. The summed E-state index contributed by atoms with van der Waals surface area (Å²) in [6, 6.07) is 1.26. The largest absolute Gasteiger partial charge is 0.414 e. The van der Waals surface area contributed by atoms with Crippen molar-refractivity contribution in [2.45, 2.75) is 70.7 Å². The first-order valence-corrected chi connectivity index (χ1v) is 11.4. The number of nitrogens with one attached hydrogen (secondary N) is 1. The lowest BCUT2D eigenvalue weighted by Gasteiger charge is -2.34. The fourth-order valence-electron chi connectivity index (χ4n) is 3.67. The Balaban J connectivity index is 1.51. The summed E-state index contributed by atoms with van der Waals surface area (Å²) < 4.78 is 6.49. The molecule has 1 aliphatic heterocycles. The predicted molar refractivity (Wildman–Crippen MR) is 88.5 cm³/mol. The number of fused-ring (bicyclic) bond motifs is 1. The van der Waals surface area contributed by atoms with Crippen LogP contribution in [0.3, 0.4) is 0 Å². The Kier molecular flexibility index (Phi) is 4.05. The maximum atomic E-state index is 6.49. The molecule has 0 amide bonds. The Bertz CT molecular complexity index is 510. The van der Waals surface area contributed by atoms with E-state index in [-0.39, 0.29) is 0 Å². The smallest absolute Gasteiger partial charge is 0.187 e. The van der Waals surface area contributed by atoms with Crippen molar-refractivity contribution in [2.24, 2.45) is 5.92 Å².